The first-order valence-corrected chi connectivity index (χ1v) is 10.2. The Labute approximate surface area is 171 Å². The first-order valence-electron chi connectivity index (χ1n) is 10.2. The van der Waals surface area contributed by atoms with Gasteiger partial charge in [0, 0.05) is 31.6 Å². The van der Waals surface area contributed by atoms with Gasteiger partial charge in [-0.15, -0.1) is 0 Å². The second kappa shape index (κ2) is 9.91. The second-order valence-corrected chi connectivity index (χ2v) is 6.60. The number of nitrogens with one attached hydrogen (secondary N) is 1. The summed E-state index contributed by atoms with van der Waals surface area (Å²) in [5.41, 5.74) is 2.35. The number of ether oxygens (including phenoxy) is 2. The van der Waals surface area contributed by atoms with Crippen LogP contribution in [-0.2, 0) is 17.8 Å². The minimum atomic E-state index is -0.0948. The van der Waals surface area contributed by atoms with Crippen molar-refractivity contribution in [2.75, 3.05) is 18.5 Å². The molecule has 1 aromatic carbocycles. The number of nitrogens with zero attached hydrogens (tertiary/aromatic N) is 3. The van der Waals surface area contributed by atoms with E-state index in [4.69, 9.17) is 9.47 Å². The number of aryl methyl sites for hydroxylation is 2. The smallest absolute Gasteiger partial charge is 0.224 e. The Morgan fingerprint density at radius 3 is 2.72 bits per heavy atom. The number of carbonyl (C=O) groups excluding carboxylic acids is 1. The van der Waals surface area contributed by atoms with Crippen molar-refractivity contribution in [1.82, 2.24) is 14.5 Å². The highest BCUT2D eigenvalue weighted by Gasteiger charge is 2.14. The molecule has 154 valence electrons. The van der Waals surface area contributed by atoms with Crippen LogP contribution >= 0.6 is 0 Å². The number of carbonyl (C=O) groups is 1. The van der Waals surface area contributed by atoms with Crippen LogP contribution in [0.15, 0.2) is 36.5 Å². The number of fused-ring (bicyclic) bond motifs is 1. The van der Waals surface area contributed by atoms with Crippen LogP contribution in [0.25, 0.3) is 11.2 Å². The van der Waals surface area contributed by atoms with Gasteiger partial charge in [0.05, 0.1) is 18.9 Å². The molecule has 3 aromatic rings. The number of benzene rings is 1. The van der Waals surface area contributed by atoms with Crippen molar-refractivity contribution in [3.63, 3.8) is 0 Å². The molecule has 0 fully saturated rings. The van der Waals surface area contributed by atoms with Gasteiger partial charge in [-0.25, -0.2) is 9.97 Å². The molecule has 0 saturated carbocycles. The zero-order chi connectivity index (χ0) is 20.6. The number of amides is 1. The van der Waals surface area contributed by atoms with Crippen molar-refractivity contribution in [3.05, 3.63) is 42.4 Å². The monoisotopic (exact) mass is 396 g/mol. The fourth-order valence-corrected chi connectivity index (χ4v) is 3.24. The number of hydrogen-bond acceptors (Lipinski definition) is 5. The fourth-order valence-electron chi connectivity index (χ4n) is 3.24. The highest BCUT2D eigenvalue weighted by molar-refractivity contribution is 5.92. The van der Waals surface area contributed by atoms with Crippen molar-refractivity contribution < 1.29 is 14.3 Å². The summed E-state index contributed by atoms with van der Waals surface area (Å²) in [4.78, 5) is 21.8. The lowest BCUT2D eigenvalue weighted by molar-refractivity contribution is -0.116. The molecule has 0 aliphatic heterocycles. The minimum Gasteiger partial charge on any atom is -0.494 e. The summed E-state index contributed by atoms with van der Waals surface area (Å²) in [6.45, 7) is 7.86. The molecule has 0 spiro atoms. The van der Waals surface area contributed by atoms with Crippen molar-refractivity contribution in [2.24, 2.45) is 0 Å². The van der Waals surface area contributed by atoms with Gasteiger partial charge >= 0.3 is 0 Å². The zero-order valence-corrected chi connectivity index (χ0v) is 17.3. The van der Waals surface area contributed by atoms with Crippen LogP contribution in [-0.4, -0.2) is 33.7 Å². The van der Waals surface area contributed by atoms with Gasteiger partial charge in [0.15, 0.2) is 5.65 Å². The summed E-state index contributed by atoms with van der Waals surface area (Å²) in [5, 5.41) is 2.95. The summed E-state index contributed by atoms with van der Waals surface area (Å²) in [6, 6.07) is 9.28. The number of anilines is 1. The van der Waals surface area contributed by atoms with Crippen molar-refractivity contribution in [3.8, 4) is 11.5 Å². The van der Waals surface area contributed by atoms with E-state index < -0.39 is 0 Å². The van der Waals surface area contributed by atoms with Gasteiger partial charge in [-0.05, 0) is 44.5 Å². The average molecular weight is 396 g/mol. The maximum atomic E-state index is 12.6. The number of aromatic nitrogens is 3. The molecule has 0 saturated heterocycles. The molecule has 0 atom stereocenters. The number of rotatable bonds is 10. The van der Waals surface area contributed by atoms with Crippen molar-refractivity contribution in [2.45, 2.75) is 46.6 Å². The van der Waals surface area contributed by atoms with Crippen LogP contribution in [0.1, 0.15) is 39.4 Å². The van der Waals surface area contributed by atoms with Gasteiger partial charge < -0.3 is 19.4 Å². The first-order chi connectivity index (χ1) is 14.2. The summed E-state index contributed by atoms with van der Waals surface area (Å²) < 4.78 is 13.3. The van der Waals surface area contributed by atoms with E-state index >= 15 is 0 Å². The van der Waals surface area contributed by atoms with Crippen LogP contribution in [0.4, 0.5) is 5.69 Å². The zero-order valence-electron chi connectivity index (χ0n) is 17.3. The highest BCUT2D eigenvalue weighted by atomic mass is 16.5. The molecule has 7 nitrogen and oxygen atoms in total. The maximum absolute atomic E-state index is 12.6. The predicted molar refractivity (Wildman–Crippen MR) is 114 cm³/mol. The predicted octanol–water partition coefficient (Wildman–Crippen LogP) is 4.21. The molecular weight excluding hydrogens is 368 g/mol. The van der Waals surface area contributed by atoms with Gasteiger partial charge in [0.2, 0.25) is 5.91 Å². The van der Waals surface area contributed by atoms with Gasteiger partial charge in [-0.2, -0.15) is 0 Å². The van der Waals surface area contributed by atoms with Crippen molar-refractivity contribution in [1.29, 1.82) is 0 Å². The SMILES string of the molecule is CCCn1c(CCC(=O)Nc2cc(OCC)ccc2OCC)nc2cccnc21. The number of imidazole rings is 1. The summed E-state index contributed by atoms with van der Waals surface area (Å²) >= 11 is 0. The van der Waals surface area contributed by atoms with Crippen LogP contribution in [0, 0.1) is 0 Å². The Hall–Kier alpha value is -3.09. The van der Waals surface area contributed by atoms with Gasteiger partial charge in [-0.1, -0.05) is 6.92 Å². The summed E-state index contributed by atoms with van der Waals surface area (Å²) in [6.07, 6.45) is 3.60. The van der Waals surface area contributed by atoms with E-state index in [1.165, 1.54) is 0 Å². The fraction of sp³-hybridized carbons (Fsp3) is 0.409. The largest absolute Gasteiger partial charge is 0.494 e. The average Bonchev–Trinajstić information content (AvgIpc) is 3.07. The molecule has 1 amide bonds. The number of hydrogen-bond donors (Lipinski definition) is 1. The Morgan fingerprint density at radius 1 is 1.14 bits per heavy atom. The van der Waals surface area contributed by atoms with E-state index in [2.05, 4.69) is 26.8 Å². The van der Waals surface area contributed by atoms with Gasteiger partial charge in [0.1, 0.15) is 22.8 Å². The first kappa shape index (κ1) is 20.6. The third-order valence-corrected chi connectivity index (χ3v) is 4.44. The van der Waals surface area contributed by atoms with Crippen LogP contribution in [0.3, 0.4) is 0 Å². The minimum absolute atomic E-state index is 0.0948. The third kappa shape index (κ3) is 5.04. The molecule has 0 aliphatic carbocycles. The van der Waals surface area contributed by atoms with E-state index in [1.807, 2.05) is 38.1 Å². The van der Waals surface area contributed by atoms with Gasteiger partial charge in [0.25, 0.3) is 0 Å². The molecule has 1 N–H and O–H groups in total. The molecule has 3 rings (SSSR count). The van der Waals surface area contributed by atoms with Crippen LogP contribution in [0.5, 0.6) is 11.5 Å². The number of pyridine rings is 1. The van der Waals surface area contributed by atoms with Crippen LogP contribution in [0.2, 0.25) is 0 Å². The lowest BCUT2D eigenvalue weighted by Crippen LogP contribution is -2.15. The van der Waals surface area contributed by atoms with Crippen molar-refractivity contribution >= 4 is 22.8 Å². The normalized spacial score (nSPS) is 10.9. The molecule has 29 heavy (non-hydrogen) atoms. The van der Waals surface area contributed by atoms with E-state index in [9.17, 15) is 4.79 Å². The summed E-state index contributed by atoms with van der Waals surface area (Å²) in [7, 11) is 0. The standard InChI is InChI=1S/C22H28N4O3/c1-4-14-26-20(24-17-8-7-13-23-22(17)26)11-12-21(27)25-18-15-16(28-5-2)9-10-19(18)29-6-3/h7-10,13,15H,4-6,11-12,14H2,1-3H3,(H,25,27). The molecule has 0 bridgehead atoms. The Balaban J connectivity index is 1.72. The van der Waals surface area contributed by atoms with Gasteiger partial charge in [-0.3, -0.25) is 4.79 Å². The highest BCUT2D eigenvalue weighted by Crippen LogP contribution is 2.29. The van der Waals surface area contributed by atoms with E-state index in [0.29, 0.717) is 43.2 Å². The van der Waals surface area contributed by atoms with E-state index in [1.54, 1.807) is 12.3 Å². The molecule has 0 aliphatic rings. The van der Waals surface area contributed by atoms with E-state index in [-0.39, 0.29) is 5.91 Å². The van der Waals surface area contributed by atoms with E-state index in [0.717, 1.165) is 30.0 Å². The molecule has 2 heterocycles. The third-order valence-electron chi connectivity index (χ3n) is 4.44. The molecule has 0 radical (unpaired) electrons. The molecule has 2 aromatic heterocycles. The molecule has 7 heteroatoms. The molecule has 0 unspecified atom stereocenters. The summed E-state index contributed by atoms with van der Waals surface area (Å²) in [5.74, 6) is 2.11. The topological polar surface area (TPSA) is 78.3 Å². The maximum Gasteiger partial charge on any atom is 0.224 e. The van der Waals surface area contributed by atoms with Crippen LogP contribution < -0.4 is 14.8 Å². The Morgan fingerprint density at radius 2 is 1.97 bits per heavy atom. The quantitative estimate of drug-likeness (QED) is 0.555. The Bertz CT molecular complexity index is 968. The second-order valence-electron chi connectivity index (χ2n) is 6.60. The molecular formula is C22H28N4O3. The lowest BCUT2D eigenvalue weighted by Gasteiger charge is -2.13. The Kier molecular flexibility index (Phi) is 7.05. The lowest BCUT2D eigenvalue weighted by atomic mass is 10.2.